The fourth-order valence-electron chi connectivity index (χ4n) is 2.79. The van der Waals surface area contributed by atoms with Crippen LogP contribution in [-0.4, -0.2) is 5.91 Å². The number of fused-ring (bicyclic) bond motifs is 1. The molecule has 20 heavy (non-hydrogen) atoms. The Labute approximate surface area is 123 Å². The number of amides is 1. The van der Waals surface area contributed by atoms with Crippen LogP contribution in [0.25, 0.3) is 0 Å². The summed E-state index contributed by atoms with van der Waals surface area (Å²) < 4.78 is 0. The van der Waals surface area contributed by atoms with Crippen LogP contribution in [-0.2, 0) is 12.8 Å². The molecule has 3 rings (SSSR count). The fraction of sp³-hybridized carbons (Fsp3) is 0.353. The lowest BCUT2D eigenvalue weighted by Gasteiger charge is -2.18. The van der Waals surface area contributed by atoms with E-state index >= 15 is 0 Å². The van der Waals surface area contributed by atoms with Gasteiger partial charge in [0.1, 0.15) is 0 Å². The molecule has 1 aromatic heterocycles. The SMILES string of the molecule is Cc1cccc(NC(=O)c2csc3c2CCC(C)C3)c1. The van der Waals surface area contributed by atoms with Gasteiger partial charge in [0, 0.05) is 15.9 Å². The van der Waals surface area contributed by atoms with Gasteiger partial charge in [-0.05, 0) is 55.4 Å². The first-order chi connectivity index (χ1) is 9.63. The molecule has 3 heteroatoms. The number of carbonyl (C=O) groups excluding carboxylic acids is 1. The summed E-state index contributed by atoms with van der Waals surface area (Å²) in [5.74, 6) is 0.775. The molecular formula is C17H19NOS. The van der Waals surface area contributed by atoms with Crippen molar-refractivity contribution in [2.24, 2.45) is 5.92 Å². The quantitative estimate of drug-likeness (QED) is 0.868. The molecule has 1 aromatic carbocycles. The number of aryl methyl sites for hydroxylation is 1. The third kappa shape index (κ3) is 2.63. The predicted octanol–water partition coefficient (Wildman–Crippen LogP) is 4.43. The second kappa shape index (κ2) is 5.41. The van der Waals surface area contributed by atoms with Gasteiger partial charge in [0.2, 0.25) is 0 Å². The maximum absolute atomic E-state index is 12.4. The van der Waals surface area contributed by atoms with Gasteiger partial charge in [-0.2, -0.15) is 0 Å². The van der Waals surface area contributed by atoms with Gasteiger partial charge in [-0.3, -0.25) is 4.79 Å². The first-order valence-corrected chi connectivity index (χ1v) is 7.98. The first kappa shape index (κ1) is 13.4. The van der Waals surface area contributed by atoms with E-state index in [9.17, 15) is 4.79 Å². The Hall–Kier alpha value is -1.61. The maximum Gasteiger partial charge on any atom is 0.256 e. The van der Waals surface area contributed by atoms with E-state index in [2.05, 4.69) is 12.2 Å². The van der Waals surface area contributed by atoms with Gasteiger partial charge in [0.05, 0.1) is 5.56 Å². The van der Waals surface area contributed by atoms with Crippen molar-refractivity contribution >= 4 is 22.9 Å². The third-order valence-electron chi connectivity index (χ3n) is 3.92. The molecule has 0 fully saturated rings. The standard InChI is InChI=1S/C17H19NOS/c1-11-4-3-5-13(8-11)18-17(19)15-10-20-16-9-12(2)6-7-14(15)16/h3-5,8,10,12H,6-7,9H2,1-2H3,(H,18,19). The zero-order valence-corrected chi connectivity index (χ0v) is 12.7. The van der Waals surface area contributed by atoms with Gasteiger partial charge >= 0.3 is 0 Å². The lowest BCUT2D eigenvalue weighted by atomic mass is 9.88. The van der Waals surface area contributed by atoms with E-state index < -0.39 is 0 Å². The molecule has 1 atom stereocenters. The monoisotopic (exact) mass is 285 g/mol. The zero-order chi connectivity index (χ0) is 14.1. The van der Waals surface area contributed by atoms with Crippen molar-refractivity contribution < 1.29 is 4.79 Å². The van der Waals surface area contributed by atoms with Crippen LogP contribution in [0, 0.1) is 12.8 Å². The summed E-state index contributed by atoms with van der Waals surface area (Å²) in [5.41, 5.74) is 4.18. The normalized spacial score (nSPS) is 17.6. The molecular weight excluding hydrogens is 266 g/mol. The lowest BCUT2D eigenvalue weighted by molar-refractivity contribution is 0.102. The van der Waals surface area contributed by atoms with E-state index in [0.29, 0.717) is 0 Å². The van der Waals surface area contributed by atoms with Crippen LogP contribution >= 0.6 is 11.3 Å². The minimum absolute atomic E-state index is 0.0302. The van der Waals surface area contributed by atoms with E-state index in [1.54, 1.807) is 11.3 Å². The van der Waals surface area contributed by atoms with Gasteiger partial charge < -0.3 is 5.32 Å². The predicted molar refractivity (Wildman–Crippen MR) is 84.6 cm³/mol. The highest BCUT2D eigenvalue weighted by atomic mass is 32.1. The van der Waals surface area contributed by atoms with E-state index in [0.717, 1.165) is 35.6 Å². The van der Waals surface area contributed by atoms with E-state index in [4.69, 9.17) is 0 Å². The second-order valence-corrected chi connectivity index (χ2v) is 6.69. The van der Waals surface area contributed by atoms with Crippen molar-refractivity contribution in [3.63, 3.8) is 0 Å². The topological polar surface area (TPSA) is 29.1 Å². The molecule has 0 aliphatic heterocycles. The largest absolute Gasteiger partial charge is 0.322 e. The number of anilines is 1. The van der Waals surface area contributed by atoms with Crippen molar-refractivity contribution in [3.05, 3.63) is 51.2 Å². The Morgan fingerprint density at radius 2 is 2.25 bits per heavy atom. The highest BCUT2D eigenvalue weighted by Crippen LogP contribution is 2.33. The van der Waals surface area contributed by atoms with Crippen LogP contribution < -0.4 is 5.32 Å². The molecule has 0 radical (unpaired) electrons. The van der Waals surface area contributed by atoms with Crippen molar-refractivity contribution in [1.82, 2.24) is 0 Å². The lowest BCUT2D eigenvalue weighted by Crippen LogP contribution is -2.16. The first-order valence-electron chi connectivity index (χ1n) is 7.10. The van der Waals surface area contributed by atoms with Crippen LogP contribution in [0.3, 0.4) is 0 Å². The van der Waals surface area contributed by atoms with Gasteiger partial charge in [0.15, 0.2) is 0 Å². The number of carbonyl (C=O) groups is 1. The Balaban J connectivity index is 1.81. The summed E-state index contributed by atoms with van der Waals surface area (Å²) in [6, 6.07) is 7.93. The average molecular weight is 285 g/mol. The molecule has 2 nitrogen and oxygen atoms in total. The summed E-state index contributed by atoms with van der Waals surface area (Å²) >= 11 is 1.74. The number of thiophene rings is 1. The summed E-state index contributed by atoms with van der Waals surface area (Å²) in [7, 11) is 0. The van der Waals surface area contributed by atoms with Crippen LogP contribution in [0.1, 0.15) is 39.7 Å². The molecule has 1 amide bonds. The summed E-state index contributed by atoms with van der Waals surface area (Å²) in [6.45, 7) is 4.32. The number of hydrogen-bond donors (Lipinski definition) is 1. The van der Waals surface area contributed by atoms with Crippen LogP contribution in [0.2, 0.25) is 0 Å². The number of hydrogen-bond acceptors (Lipinski definition) is 2. The molecule has 0 spiro atoms. The minimum atomic E-state index is 0.0302. The average Bonchev–Trinajstić information content (AvgIpc) is 2.81. The summed E-state index contributed by atoms with van der Waals surface area (Å²) in [5, 5.41) is 5.04. The smallest absolute Gasteiger partial charge is 0.256 e. The van der Waals surface area contributed by atoms with Crippen molar-refractivity contribution in [3.8, 4) is 0 Å². The Bertz CT molecular complexity index is 644. The van der Waals surface area contributed by atoms with Gasteiger partial charge in [-0.25, -0.2) is 0 Å². The van der Waals surface area contributed by atoms with Crippen molar-refractivity contribution in [1.29, 1.82) is 0 Å². The van der Waals surface area contributed by atoms with E-state index in [1.165, 1.54) is 16.9 Å². The molecule has 0 saturated heterocycles. The second-order valence-electron chi connectivity index (χ2n) is 5.72. The molecule has 0 bridgehead atoms. The molecule has 1 N–H and O–H groups in total. The number of nitrogens with one attached hydrogen (secondary N) is 1. The highest BCUT2D eigenvalue weighted by molar-refractivity contribution is 7.10. The Kier molecular flexibility index (Phi) is 3.62. The molecule has 1 aliphatic rings. The third-order valence-corrected chi connectivity index (χ3v) is 4.97. The van der Waals surface area contributed by atoms with Crippen molar-refractivity contribution in [2.75, 3.05) is 5.32 Å². The fourth-order valence-corrected chi connectivity index (χ4v) is 4.03. The van der Waals surface area contributed by atoms with Crippen LogP contribution in [0.15, 0.2) is 29.6 Å². The Morgan fingerprint density at radius 1 is 1.40 bits per heavy atom. The van der Waals surface area contributed by atoms with Gasteiger partial charge in [-0.15, -0.1) is 11.3 Å². The van der Waals surface area contributed by atoms with Crippen molar-refractivity contribution in [2.45, 2.75) is 33.1 Å². The molecule has 1 aliphatic carbocycles. The molecule has 1 heterocycles. The van der Waals surface area contributed by atoms with E-state index in [1.807, 2.05) is 36.6 Å². The van der Waals surface area contributed by atoms with Gasteiger partial charge in [0.25, 0.3) is 5.91 Å². The highest BCUT2D eigenvalue weighted by Gasteiger charge is 2.23. The summed E-state index contributed by atoms with van der Waals surface area (Å²) in [4.78, 5) is 13.8. The molecule has 2 aromatic rings. The van der Waals surface area contributed by atoms with Crippen LogP contribution in [0.4, 0.5) is 5.69 Å². The minimum Gasteiger partial charge on any atom is -0.322 e. The Morgan fingerprint density at radius 3 is 3.05 bits per heavy atom. The van der Waals surface area contributed by atoms with Gasteiger partial charge in [-0.1, -0.05) is 19.1 Å². The number of benzene rings is 1. The van der Waals surface area contributed by atoms with E-state index in [-0.39, 0.29) is 5.91 Å². The van der Waals surface area contributed by atoms with Crippen LogP contribution in [0.5, 0.6) is 0 Å². The molecule has 0 saturated carbocycles. The molecule has 1 unspecified atom stereocenters. The zero-order valence-electron chi connectivity index (χ0n) is 11.9. The summed E-state index contributed by atoms with van der Waals surface area (Å²) in [6.07, 6.45) is 3.35. The maximum atomic E-state index is 12.4. The number of rotatable bonds is 2. The molecule has 104 valence electrons.